The van der Waals surface area contributed by atoms with E-state index < -0.39 is 0 Å². The van der Waals surface area contributed by atoms with Gasteiger partial charge in [-0.15, -0.1) is 0 Å². The fourth-order valence-corrected chi connectivity index (χ4v) is 1.10. The maximum Gasteiger partial charge on any atom is 0.159 e. The van der Waals surface area contributed by atoms with Gasteiger partial charge >= 0.3 is 0 Å². The van der Waals surface area contributed by atoms with E-state index in [1.807, 2.05) is 0 Å². The average Bonchev–Trinajstić information content (AvgIpc) is 1.99. The lowest BCUT2D eigenvalue weighted by molar-refractivity contribution is 0.101. The zero-order valence-electron chi connectivity index (χ0n) is 6.27. The third kappa shape index (κ3) is 1.71. The number of phenolic OH excluding ortho intramolecular Hbond substituents is 1. The Morgan fingerprint density at radius 1 is 1.42 bits per heavy atom. The standard InChI is InChI=1S/C8H6Cl2O2/c1-4(11)5-2-6(9)8(10)7(12)3-5/h2-3,12H,1H3. The van der Waals surface area contributed by atoms with Crippen molar-refractivity contribution in [1.82, 2.24) is 0 Å². The molecule has 0 aliphatic heterocycles. The summed E-state index contributed by atoms with van der Waals surface area (Å²) in [5.74, 6) is -0.335. The van der Waals surface area contributed by atoms with E-state index in [1.165, 1.54) is 19.1 Å². The van der Waals surface area contributed by atoms with Crippen LogP contribution in [0.3, 0.4) is 0 Å². The van der Waals surface area contributed by atoms with Gasteiger partial charge in [-0.2, -0.15) is 0 Å². The summed E-state index contributed by atoms with van der Waals surface area (Å²) in [5.41, 5.74) is 0.349. The molecule has 0 spiro atoms. The molecule has 0 aromatic heterocycles. The van der Waals surface area contributed by atoms with E-state index in [0.29, 0.717) is 5.56 Å². The van der Waals surface area contributed by atoms with Gasteiger partial charge in [-0.3, -0.25) is 4.79 Å². The molecule has 0 radical (unpaired) electrons. The second-order valence-electron chi connectivity index (χ2n) is 2.35. The van der Waals surface area contributed by atoms with Crippen LogP contribution in [0.2, 0.25) is 10.0 Å². The number of Topliss-reactive ketones (excluding diaryl/α,β-unsaturated/α-hetero) is 1. The zero-order chi connectivity index (χ0) is 9.30. The Bertz CT molecular complexity index is 311. The first-order valence-corrected chi connectivity index (χ1v) is 3.97. The number of hydrogen-bond acceptors (Lipinski definition) is 2. The zero-order valence-corrected chi connectivity index (χ0v) is 7.78. The van der Waals surface area contributed by atoms with E-state index in [-0.39, 0.29) is 21.6 Å². The highest BCUT2D eigenvalue weighted by molar-refractivity contribution is 6.43. The highest BCUT2D eigenvalue weighted by Crippen LogP contribution is 2.32. The van der Waals surface area contributed by atoms with Crippen molar-refractivity contribution >= 4 is 29.0 Å². The maximum absolute atomic E-state index is 10.8. The normalized spacial score (nSPS) is 9.92. The number of halogens is 2. The predicted octanol–water partition coefficient (Wildman–Crippen LogP) is 2.90. The van der Waals surface area contributed by atoms with Crippen molar-refractivity contribution in [2.24, 2.45) is 0 Å². The van der Waals surface area contributed by atoms with Gasteiger partial charge in [0.25, 0.3) is 0 Å². The Morgan fingerprint density at radius 2 is 2.00 bits per heavy atom. The van der Waals surface area contributed by atoms with Gasteiger partial charge in [-0.25, -0.2) is 0 Å². The molecule has 0 aliphatic carbocycles. The fourth-order valence-electron chi connectivity index (χ4n) is 0.778. The summed E-state index contributed by atoms with van der Waals surface area (Å²) in [6.45, 7) is 1.39. The number of hydrogen-bond donors (Lipinski definition) is 1. The van der Waals surface area contributed by atoms with Crippen LogP contribution in [0.4, 0.5) is 0 Å². The number of phenols is 1. The molecular formula is C8H6Cl2O2. The Kier molecular flexibility index (Phi) is 2.60. The van der Waals surface area contributed by atoms with E-state index in [4.69, 9.17) is 28.3 Å². The number of carbonyl (C=O) groups excluding carboxylic acids is 1. The Balaban J connectivity index is 3.31. The van der Waals surface area contributed by atoms with Crippen LogP contribution < -0.4 is 0 Å². The van der Waals surface area contributed by atoms with E-state index in [9.17, 15) is 4.79 Å². The third-order valence-corrected chi connectivity index (χ3v) is 2.21. The molecule has 0 aliphatic rings. The summed E-state index contributed by atoms with van der Waals surface area (Å²) < 4.78 is 0. The van der Waals surface area contributed by atoms with E-state index in [0.717, 1.165) is 0 Å². The minimum atomic E-state index is -0.172. The van der Waals surface area contributed by atoms with Crippen LogP contribution in [-0.2, 0) is 0 Å². The summed E-state index contributed by atoms with van der Waals surface area (Å²) in [5, 5.41) is 9.41. The van der Waals surface area contributed by atoms with Crippen molar-refractivity contribution in [2.75, 3.05) is 0 Å². The van der Waals surface area contributed by atoms with Gasteiger partial charge in [-0.05, 0) is 19.1 Å². The van der Waals surface area contributed by atoms with E-state index >= 15 is 0 Å². The molecule has 0 amide bonds. The number of carbonyl (C=O) groups is 1. The quantitative estimate of drug-likeness (QED) is 0.715. The first kappa shape index (κ1) is 9.36. The van der Waals surface area contributed by atoms with Crippen molar-refractivity contribution in [1.29, 1.82) is 0 Å². The fraction of sp³-hybridized carbons (Fsp3) is 0.125. The molecule has 0 unspecified atom stereocenters. The first-order chi connectivity index (χ1) is 5.52. The van der Waals surface area contributed by atoms with Gasteiger partial charge in [0.05, 0.1) is 5.02 Å². The molecule has 64 valence electrons. The van der Waals surface area contributed by atoms with Gasteiger partial charge < -0.3 is 5.11 Å². The second-order valence-corrected chi connectivity index (χ2v) is 3.13. The number of rotatable bonds is 1. The first-order valence-electron chi connectivity index (χ1n) is 3.21. The van der Waals surface area contributed by atoms with Crippen LogP contribution >= 0.6 is 23.2 Å². The van der Waals surface area contributed by atoms with Gasteiger partial charge in [0.15, 0.2) is 5.78 Å². The molecule has 0 bridgehead atoms. The Hall–Kier alpha value is -0.730. The Labute approximate surface area is 79.7 Å². The summed E-state index contributed by atoms with van der Waals surface area (Å²) in [4.78, 5) is 10.8. The summed E-state index contributed by atoms with van der Waals surface area (Å²) in [6, 6.07) is 2.71. The van der Waals surface area contributed by atoms with Gasteiger partial charge in [-0.1, -0.05) is 23.2 Å². The molecule has 0 heterocycles. The SMILES string of the molecule is CC(=O)c1cc(O)c(Cl)c(Cl)c1. The monoisotopic (exact) mass is 204 g/mol. The van der Waals surface area contributed by atoms with Crippen LogP contribution in [0, 0.1) is 0 Å². The highest BCUT2D eigenvalue weighted by atomic mass is 35.5. The molecule has 1 aromatic carbocycles. The summed E-state index contributed by atoms with van der Waals surface area (Å²) in [6.07, 6.45) is 0. The second kappa shape index (κ2) is 3.33. The van der Waals surface area contributed by atoms with Crippen LogP contribution in [0.25, 0.3) is 0 Å². The van der Waals surface area contributed by atoms with Crippen molar-refractivity contribution in [3.8, 4) is 5.75 Å². The highest BCUT2D eigenvalue weighted by Gasteiger charge is 2.08. The molecule has 0 saturated carbocycles. The minimum absolute atomic E-state index is 0.0710. The molecule has 12 heavy (non-hydrogen) atoms. The molecular weight excluding hydrogens is 199 g/mol. The molecule has 1 N–H and O–H groups in total. The maximum atomic E-state index is 10.8. The molecule has 0 atom stereocenters. The van der Waals surface area contributed by atoms with Crippen molar-refractivity contribution < 1.29 is 9.90 Å². The lowest BCUT2D eigenvalue weighted by atomic mass is 10.1. The predicted molar refractivity (Wildman–Crippen MR) is 48.1 cm³/mol. The van der Waals surface area contributed by atoms with Crippen molar-refractivity contribution in [2.45, 2.75) is 6.92 Å². The van der Waals surface area contributed by atoms with Gasteiger partial charge in [0, 0.05) is 5.56 Å². The van der Waals surface area contributed by atoms with Crippen LogP contribution in [0.5, 0.6) is 5.75 Å². The smallest absolute Gasteiger partial charge is 0.159 e. The molecule has 1 aromatic rings. The Morgan fingerprint density at radius 3 is 2.42 bits per heavy atom. The lowest BCUT2D eigenvalue weighted by Crippen LogP contribution is -1.91. The van der Waals surface area contributed by atoms with Crippen LogP contribution in [-0.4, -0.2) is 10.9 Å². The topological polar surface area (TPSA) is 37.3 Å². The van der Waals surface area contributed by atoms with Crippen molar-refractivity contribution in [3.63, 3.8) is 0 Å². The third-order valence-electron chi connectivity index (χ3n) is 1.42. The van der Waals surface area contributed by atoms with Gasteiger partial charge in [0.2, 0.25) is 0 Å². The van der Waals surface area contributed by atoms with Gasteiger partial charge in [0.1, 0.15) is 10.8 Å². The van der Waals surface area contributed by atoms with Crippen LogP contribution in [0.1, 0.15) is 17.3 Å². The molecule has 4 heteroatoms. The number of benzene rings is 1. The van der Waals surface area contributed by atoms with E-state index in [2.05, 4.69) is 0 Å². The molecule has 0 saturated heterocycles. The largest absolute Gasteiger partial charge is 0.506 e. The summed E-state index contributed by atoms with van der Waals surface area (Å²) >= 11 is 11.2. The molecule has 0 fully saturated rings. The minimum Gasteiger partial charge on any atom is -0.506 e. The summed E-state index contributed by atoms with van der Waals surface area (Å²) in [7, 11) is 0. The van der Waals surface area contributed by atoms with Crippen LogP contribution in [0.15, 0.2) is 12.1 Å². The number of ketones is 1. The van der Waals surface area contributed by atoms with E-state index in [1.54, 1.807) is 0 Å². The number of aromatic hydroxyl groups is 1. The molecule has 1 rings (SSSR count). The van der Waals surface area contributed by atoms with Crippen molar-refractivity contribution in [3.05, 3.63) is 27.7 Å². The lowest BCUT2D eigenvalue weighted by Gasteiger charge is -2.01. The molecule has 2 nitrogen and oxygen atoms in total. The average molecular weight is 205 g/mol.